The van der Waals surface area contributed by atoms with Crippen molar-refractivity contribution in [3.63, 3.8) is 0 Å². The number of nitrogens with zero attached hydrogens (tertiary/aromatic N) is 4. The predicted octanol–water partition coefficient (Wildman–Crippen LogP) is 5.10. The minimum atomic E-state index is -0.764. The number of allylic oxidation sites excluding steroid dienone is 2. The highest BCUT2D eigenvalue weighted by Gasteiger charge is 2.33. The normalized spacial score (nSPS) is 19.7. The highest BCUT2D eigenvalue weighted by molar-refractivity contribution is 6.00. The van der Waals surface area contributed by atoms with E-state index in [1.54, 1.807) is 30.8 Å². The topological polar surface area (TPSA) is 118 Å². The van der Waals surface area contributed by atoms with Gasteiger partial charge in [-0.15, -0.1) is 0 Å². The number of halogens is 1. The van der Waals surface area contributed by atoms with E-state index in [-0.39, 0.29) is 29.1 Å². The second kappa shape index (κ2) is 11.5. The van der Waals surface area contributed by atoms with Crippen molar-refractivity contribution < 1.29 is 14.0 Å². The molecule has 206 valence electrons. The molecular formula is C29H36FN7O2. The van der Waals surface area contributed by atoms with Gasteiger partial charge in [0.15, 0.2) is 5.82 Å². The van der Waals surface area contributed by atoms with Gasteiger partial charge in [0.25, 0.3) is 5.91 Å². The van der Waals surface area contributed by atoms with Crippen LogP contribution in [0.1, 0.15) is 73.7 Å². The monoisotopic (exact) mass is 533 g/mol. The van der Waals surface area contributed by atoms with E-state index in [9.17, 15) is 9.59 Å². The molecule has 2 aliphatic rings. The summed E-state index contributed by atoms with van der Waals surface area (Å²) in [7, 11) is 0. The van der Waals surface area contributed by atoms with Crippen molar-refractivity contribution in [1.82, 2.24) is 30.3 Å². The van der Waals surface area contributed by atoms with Gasteiger partial charge in [-0.05, 0) is 63.9 Å². The number of hydrogen-bond acceptors (Lipinski definition) is 5. The molecule has 2 aliphatic carbocycles. The number of rotatable bonds is 8. The fraction of sp³-hybridized carbons (Fsp3) is 0.483. The maximum Gasteiger partial charge on any atom is 0.270 e. The zero-order chi connectivity index (χ0) is 27.5. The first-order valence-electron chi connectivity index (χ1n) is 13.8. The van der Waals surface area contributed by atoms with E-state index in [2.05, 4.69) is 43.9 Å². The Morgan fingerprint density at radius 1 is 1.23 bits per heavy atom. The molecule has 3 heterocycles. The Labute approximate surface area is 227 Å². The molecule has 2 amide bonds. The summed E-state index contributed by atoms with van der Waals surface area (Å²) in [6, 6.07) is 2.17. The Kier molecular flexibility index (Phi) is 7.90. The smallest absolute Gasteiger partial charge is 0.270 e. The number of H-pyrrole nitrogens is 1. The fourth-order valence-corrected chi connectivity index (χ4v) is 5.51. The molecule has 10 heteroatoms. The number of carbonyl (C=O) groups excluding carboxylic acids is 2. The Balaban J connectivity index is 1.33. The first-order valence-corrected chi connectivity index (χ1v) is 13.8. The second-order valence-electron chi connectivity index (χ2n) is 10.9. The molecule has 39 heavy (non-hydrogen) atoms. The van der Waals surface area contributed by atoms with E-state index in [0.29, 0.717) is 35.1 Å². The number of amides is 2. The summed E-state index contributed by atoms with van der Waals surface area (Å²) in [5.74, 6) is -0.717. The van der Waals surface area contributed by atoms with Crippen LogP contribution in [-0.2, 0) is 11.3 Å². The average Bonchev–Trinajstić information content (AvgIpc) is 3.48. The zero-order valence-electron chi connectivity index (χ0n) is 22.8. The molecule has 1 atom stereocenters. The van der Waals surface area contributed by atoms with Crippen LogP contribution in [-0.4, -0.2) is 42.8 Å². The molecule has 0 radical (unpaired) electrons. The van der Waals surface area contributed by atoms with Gasteiger partial charge in [-0.25, -0.2) is 4.39 Å². The van der Waals surface area contributed by atoms with E-state index in [1.165, 1.54) is 24.3 Å². The molecule has 5 rings (SSSR count). The lowest BCUT2D eigenvalue weighted by atomic mass is 9.79. The van der Waals surface area contributed by atoms with E-state index < -0.39 is 11.9 Å². The Bertz CT molecular complexity index is 1360. The van der Waals surface area contributed by atoms with Crippen molar-refractivity contribution >= 4 is 17.5 Å². The molecule has 3 aromatic rings. The van der Waals surface area contributed by atoms with Crippen molar-refractivity contribution in [2.75, 3.05) is 5.32 Å². The number of nitrogens with one attached hydrogen (secondary N) is 3. The number of anilines is 1. The number of aromatic amines is 1. The average molecular weight is 534 g/mol. The van der Waals surface area contributed by atoms with Gasteiger partial charge in [-0.3, -0.25) is 24.4 Å². The van der Waals surface area contributed by atoms with Gasteiger partial charge in [0.1, 0.15) is 17.4 Å². The number of hydrogen-bond donors (Lipinski definition) is 3. The van der Waals surface area contributed by atoms with Crippen LogP contribution in [0.4, 0.5) is 10.1 Å². The van der Waals surface area contributed by atoms with Crippen LogP contribution in [0.3, 0.4) is 0 Å². The van der Waals surface area contributed by atoms with Crippen LogP contribution in [0, 0.1) is 31.5 Å². The van der Waals surface area contributed by atoms with Crippen LogP contribution in [0.2, 0.25) is 0 Å². The Morgan fingerprint density at radius 3 is 2.64 bits per heavy atom. The molecule has 2 saturated carbocycles. The summed E-state index contributed by atoms with van der Waals surface area (Å²) >= 11 is 0. The number of aromatic nitrogens is 5. The van der Waals surface area contributed by atoms with Crippen molar-refractivity contribution in [1.29, 1.82) is 0 Å². The van der Waals surface area contributed by atoms with Gasteiger partial charge in [0.05, 0.1) is 24.1 Å². The maximum absolute atomic E-state index is 15.1. The number of carbonyl (C=O) groups is 2. The largest absolute Gasteiger partial charge is 0.339 e. The number of pyridine rings is 1. The third-order valence-corrected chi connectivity index (χ3v) is 8.07. The van der Waals surface area contributed by atoms with Crippen LogP contribution in [0.5, 0.6) is 0 Å². The van der Waals surface area contributed by atoms with Crippen molar-refractivity contribution in [2.45, 2.75) is 78.3 Å². The molecule has 0 spiro atoms. The van der Waals surface area contributed by atoms with Gasteiger partial charge >= 0.3 is 0 Å². The molecule has 2 fully saturated rings. The summed E-state index contributed by atoms with van der Waals surface area (Å²) in [6.45, 7) is 6.32. The number of aryl methyl sites for hydroxylation is 2. The lowest BCUT2D eigenvalue weighted by Crippen LogP contribution is -2.49. The molecule has 0 saturated heterocycles. The second-order valence-corrected chi connectivity index (χ2v) is 10.9. The molecule has 3 aromatic heterocycles. The molecule has 3 N–H and O–H groups in total. The molecule has 0 unspecified atom stereocenters. The summed E-state index contributed by atoms with van der Waals surface area (Å²) < 4.78 is 16.7. The first kappa shape index (κ1) is 26.8. The van der Waals surface area contributed by atoms with E-state index in [0.717, 1.165) is 38.5 Å². The van der Waals surface area contributed by atoms with E-state index >= 15 is 4.39 Å². The van der Waals surface area contributed by atoms with Gasteiger partial charge in [0.2, 0.25) is 5.91 Å². The highest BCUT2D eigenvalue weighted by Crippen LogP contribution is 2.32. The first-order chi connectivity index (χ1) is 18.8. The van der Waals surface area contributed by atoms with Crippen molar-refractivity contribution in [3.05, 3.63) is 59.1 Å². The van der Waals surface area contributed by atoms with Gasteiger partial charge in [-0.1, -0.05) is 31.4 Å². The van der Waals surface area contributed by atoms with E-state index in [1.807, 2.05) is 0 Å². The molecule has 0 aliphatic heterocycles. The molecular weight excluding hydrogens is 497 g/mol. The summed E-state index contributed by atoms with van der Waals surface area (Å²) in [4.78, 5) is 31.2. The zero-order valence-corrected chi connectivity index (χ0v) is 22.8. The van der Waals surface area contributed by atoms with Gasteiger partial charge in [0, 0.05) is 23.5 Å². The van der Waals surface area contributed by atoms with Crippen LogP contribution in [0.25, 0.3) is 11.3 Å². The maximum atomic E-state index is 15.1. The summed E-state index contributed by atoms with van der Waals surface area (Å²) in [5.41, 5.74) is 4.18. The predicted molar refractivity (Wildman–Crippen MR) is 146 cm³/mol. The molecule has 0 aromatic carbocycles. The van der Waals surface area contributed by atoms with Gasteiger partial charge < -0.3 is 10.6 Å². The minimum absolute atomic E-state index is 0.0214. The lowest BCUT2D eigenvalue weighted by Gasteiger charge is -2.32. The van der Waals surface area contributed by atoms with E-state index in [4.69, 9.17) is 0 Å². The summed E-state index contributed by atoms with van der Waals surface area (Å²) in [5, 5.41) is 17.1. The molecule has 0 bridgehead atoms. The summed E-state index contributed by atoms with van der Waals surface area (Å²) in [6.07, 6.45) is 12.2. The Morgan fingerprint density at radius 2 is 2.00 bits per heavy atom. The van der Waals surface area contributed by atoms with Crippen LogP contribution < -0.4 is 10.6 Å². The van der Waals surface area contributed by atoms with Gasteiger partial charge in [-0.2, -0.15) is 10.2 Å². The quantitative estimate of drug-likeness (QED) is 0.348. The van der Waals surface area contributed by atoms with Crippen molar-refractivity contribution in [3.8, 4) is 11.3 Å². The highest BCUT2D eigenvalue weighted by atomic mass is 19.1. The third-order valence-electron chi connectivity index (χ3n) is 8.07. The lowest BCUT2D eigenvalue weighted by molar-refractivity contribution is -0.119. The van der Waals surface area contributed by atoms with Crippen molar-refractivity contribution in [2.24, 2.45) is 11.8 Å². The minimum Gasteiger partial charge on any atom is -0.339 e. The molecule has 9 nitrogen and oxygen atoms in total. The standard InChI is InChI=1S/C29H36FN7O2/c1-17-7-9-21(10-8-17)26(34-28(38)24-11-13-32-37(24)14-12-20-5-4-6-20)29(39)33-22-15-23(30)27(31-16-22)25-18(2)35-36-19(25)3/h11-13,15-17,21,26H,4-10,14H2,1-3H3,(H,33,39)(H,34,38)(H,35,36)/t17?,21?,26-/m0/s1. The fourth-order valence-electron chi connectivity index (χ4n) is 5.51. The van der Waals surface area contributed by atoms with Crippen LogP contribution in [0.15, 0.2) is 36.2 Å². The third kappa shape index (κ3) is 5.94. The Hall–Kier alpha value is -3.82. The van der Waals surface area contributed by atoms with Crippen LogP contribution >= 0.6 is 0 Å². The SMILES string of the molecule is Cc1n[nH]c(C)c1-c1ncc(NC(=O)[C@@H](NC(=O)c2ccnn2CC=C2CCC2)C2CCC(C)CC2)cc1F.